The number of likely N-dealkylation sites (tertiary alicyclic amines) is 1. The van der Waals surface area contributed by atoms with Crippen molar-refractivity contribution < 1.29 is 13.2 Å². The minimum Gasteiger partial charge on any atom is -0.339 e. The Kier molecular flexibility index (Phi) is 6.22. The van der Waals surface area contributed by atoms with Crippen LogP contribution in [-0.2, 0) is 14.8 Å². The molecule has 4 rings (SSSR count). The van der Waals surface area contributed by atoms with Crippen molar-refractivity contribution in [2.24, 2.45) is 17.8 Å². The first-order chi connectivity index (χ1) is 13.4. The van der Waals surface area contributed by atoms with E-state index in [0.717, 1.165) is 23.2 Å². The van der Waals surface area contributed by atoms with Gasteiger partial charge in [0.2, 0.25) is 5.91 Å². The van der Waals surface area contributed by atoms with Crippen molar-refractivity contribution in [1.82, 2.24) is 9.21 Å². The molecule has 5 nitrogen and oxygen atoms in total. The van der Waals surface area contributed by atoms with E-state index in [1.54, 1.807) is 16.4 Å². The van der Waals surface area contributed by atoms with Gasteiger partial charge in [0.1, 0.15) is 4.21 Å². The maximum Gasteiger partial charge on any atom is 0.252 e. The molecule has 1 saturated carbocycles. The fourth-order valence-corrected chi connectivity index (χ4v) is 8.96. The molecule has 8 heteroatoms. The van der Waals surface area contributed by atoms with Crippen molar-refractivity contribution in [3.63, 3.8) is 0 Å². The molecule has 156 valence electrons. The Morgan fingerprint density at radius 2 is 1.79 bits per heavy atom. The van der Waals surface area contributed by atoms with E-state index in [0.29, 0.717) is 48.0 Å². The average molecular weight is 490 g/mol. The standard InChI is InChI=1S/C20H29BrN2O3S2/c1-14-8-13-23(17-5-3-2-4-16(14)17)20(24)15-9-11-22(12-10-15)28(25,26)19-7-6-18(21)27-19/h6-7,14-17H,2-5,8-13H2,1H3. The average Bonchev–Trinajstić information content (AvgIpc) is 3.15. The van der Waals surface area contributed by atoms with E-state index in [1.165, 1.54) is 30.6 Å². The summed E-state index contributed by atoms with van der Waals surface area (Å²) in [4.78, 5) is 15.5. The fourth-order valence-electron chi connectivity index (χ4n) is 5.33. The molecule has 2 aliphatic heterocycles. The lowest BCUT2D eigenvalue weighted by molar-refractivity contribution is -0.144. The highest BCUT2D eigenvalue weighted by atomic mass is 79.9. The van der Waals surface area contributed by atoms with Crippen molar-refractivity contribution in [1.29, 1.82) is 0 Å². The van der Waals surface area contributed by atoms with E-state index in [2.05, 4.69) is 27.8 Å². The van der Waals surface area contributed by atoms with E-state index in [-0.39, 0.29) is 11.8 Å². The van der Waals surface area contributed by atoms with Gasteiger partial charge in [0, 0.05) is 31.6 Å². The second kappa shape index (κ2) is 8.36. The molecule has 1 aliphatic carbocycles. The summed E-state index contributed by atoms with van der Waals surface area (Å²) >= 11 is 4.58. The summed E-state index contributed by atoms with van der Waals surface area (Å²) in [7, 11) is -3.44. The van der Waals surface area contributed by atoms with Crippen molar-refractivity contribution >= 4 is 43.2 Å². The van der Waals surface area contributed by atoms with E-state index in [9.17, 15) is 13.2 Å². The Bertz CT molecular complexity index is 817. The molecule has 0 spiro atoms. The van der Waals surface area contributed by atoms with Crippen LogP contribution in [0.1, 0.15) is 51.9 Å². The third-order valence-electron chi connectivity index (χ3n) is 6.97. The first-order valence-corrected chi connectivity index (χ1v) is 13.5. The Hall–Kier alpha value is -0.440. The molecule has 3 aliphatic rings. The molecule has 0 radical (unpaired) electrons. The third-order valence-corrected chi connectivity index (χ3v) is 11.0. The van der Waals surface area contributed by atoms with Gasteiger partial charge < -0.3 is 4.90 Å². The molecule has 3 fully saturated rings. The normalized spacial score (nSPS) is 30.2. The van der Waals surface area contributed by atoms with Crippen LogP contribution in [0.2, 0.25) is 0 Å². The highest BCUT2D eigenvalue weighted by Gasteiger charge is 2.42. The zero-order valence-electron chi connectivity index (χ0n) is 16.3. The Morgan fingerprint density at radius 1 is 1.07 bits per heavy atom. The van der Waals surface area contributed by atoms with Crippen LogP contribution in [0.25, 0.3) is 0 Å². The van der Waals surface area contributed by atoms with Crippen molar-refractivity contribution in [2.45, 2.75) is 62.1 Å². The number of nitrogens with zero attached hydrogens (tertiary/aromatic N) is 2. The first kappa shape index (κ1) is 20.8. The van der Waals surface area contributed by atoms with Crippen LogP contribution in [0.4, 0.5) is 0 Å². The number of piperidine rings is 2. The molecule has 0 bridgehead atoms. The summed E-state index contributed by atoms with van der Waals surface area (Å²) in [6.07, 6.45) is 7.28. The largest absolute Gasteiger partial charge is 0.339 e. The maximum atomic E-state index is 13.3. The zero-order valence-corrected chi connectivity index (χ0v) is 19.6. The Labute approximate surface area is 180 Å². The molecule has 3 heterocycles. The number of hydrogen-bond donors (Lipinski definition) is 0. The van der Waals surface area contributed by atoms with Crippen molar-refractivity contribution in [2.75, 3.05) is 19.6 Å². The molecular weight excluding hydrogens is 460 g/mol. The van der Waals surface area contributed by atoms with Crippen LogP contribution < -0.4 is 0 Å². The maximum absolute atomic E-state index is 13.3. The second-order valence-corrected chi connectivity index (χ2v) is 13.2. The molecule has 1 amide bonds. The SMILES string of the molecule is CC1CCN(C(=O)C2CCN(S(=O)(=O)c3ccc(Br)s3)CC2)C2CCCCC12. The van der Waals surface area contributed by atoms with Gasteiger partial charge in [0.15, 0.2) is 0 Å². The number of thiophene rings is 1. The minimum atomic E-state index is -3.44. The van der Waals surface area contributed by atoms with Crippen LogP contribution >= 0.6 is 27.3 Å². The van der Waals surface area contributed by atoms with Crippen molar-refractivity contribution in [3.8, 4) is 0 Å². The lowest BCUT2D eigenvalue weighted by Gasteiger charge is -2.48. The van der Waals surface area contributed by atoms with Crippen LogP contribution in [0.3, 0.4) is 0 Å². The molecule has 3 unspecified atom stereocenters. The topological polar surface area (TPSA) is 57.7 Å². The molecule has 0 aromatic carbocycles. The lowest BCUT2D eigenvalue weighted by atomic mass is 9.72. The van der Waals surface area contributed by atoms with Gasteiger partial charge in [-0.3, -0.25) is 4.79 Å². The predicted molar refractivity (Wildman–Crippen MR) is 115 cm³/mol. The van der Waals surface area contributed by atoms with Crippen molar-refractivity contribution in [3.05, 3.63) is 15.9 Å². The van der Waals surface area contributed by atoms with Gasteiger partial charge in [-0.2, -0.15) is 4.31 Å². The molecule has 0 N–H and O–H groups in total. The molecular formula is C20H29BrN2O3S2. The van der Waals surface area contributed by atoms with E-state index < -0.39 is 10.0 Å². The quantitative estimate of drug-likeness (QED) is 0.635. The highest BCUT2D eigenvalue weighted by molar-refractivity contribution is 9.11. The van der Waals surface area contributed by atoms with Gasteiger partial charge >= 0.3 is 0 Å². The predicted octanol–water partition coefficient (Wildman–Crippen LogP) is 4.34. The number of halogens is 1. The number of amides is 1. The van der Waals surface area contributed by atoms with E-state index in [1.807, 2.05) is 0 Å². The summed E-state index contributed by atoms with van der Waals surface area (Å²) in [5.74, 6) is 1.62. The van der Waals surface area contributed by atoms with Gasteiger partial charge in [-0.25, -0.2) is 8.42 Å². The molecule has 1 aromatic rings. The Balaban J connectivity index is 1.40. The molecule has 28 heavy (non-hydrogen) atoms. The van der Waals surface area contributed by atoms with E-state index >= 15 is 0 Å². The number of carbonyl (C=O) groups is 1. The van der Waals surface area contributed by atoms with Crippen LogP contribution in [0.15, 0.2) is 20.1 Å². The summed E-state index contributed by atoms with van der Waals surface area (Å²) in [6, 6.07) is 3.83. The summed E-state index contributed by atoms with van der Waals surface area (Å²) < 4.78 is 28.4. The number of hydrogen-bond acceptors (Lipinski definition) is 4. The molecule has 3 atom stereocenters. The summed E-state index contributed by atoms with van der Waals surface area (Å²) in [6.45, 7) is 4.10. The lowest BCUT2D eigenvalue weighted by Crippen LogP contribution is -2.55. The number of carbonyl (C=O) groups excluding carboxylic acids is 1. The first-order valence-electron chi connectivity index (χ1n) is 10.4. The number of sulfonamides is 1. The van der Waals surface area contributed by atoms with E-state index in [4.69, 9.17) is 0 Å². The summed E-state index contributed by atoms with van der Waals surface area (Å²) in [5.41, 5.74) is 0. The molecule has 1 aromatic heterocycles. The van der Waals surface area contributed by atoms with Gasteiger partial charge in [-0.15, -0.1) is 11.3 Å². The third kappa shape index (κ3) is 3.94. The van der Waals surface area contributed by atoms with Gasteiger partial charge in [-0.05, 0) is 72.0 Å². The van der Waals surface area contributed by atoms with Crippen LogP contribution in [0.5, 0.6) is 0 Å². The number of rotatable bonds is 3. The van der Waals surface area contributed by atoms with Crippen LogP contribution in [0, 0.1) is 17.8 Å². The minimum absolute atomic E-state index is 0.0301. The second-order valence-electron chi connectivity index (χ2n) is 8.55. The number of fused-ring (bicyclic) bond motifs is 1. The highest BCUT2D eigenvalue weighted by Crippen LogP contribution is 2.40. The van der Waals surface area contributed by atoms with Gasteiger partial charge in [-0.1, -0.05) is 19.8 Å². The molecule has 2 saturated heterocycles. The smallest absolute Gasteiger partial charge is 0.252 e. The van der Waals surface area contributed by atoms with Gasteiger partial charge in [0.25, 0.3) is 10.0 Å². The van der Waals surface area contributed by atoms with Gasteiger partial charge in [0.05, 0.1) is 3.79 Å². The van der Waals surface area contributed by atoms with Crippen LogP contribution in [-0.4, -0.2) is 49.2 Å². The summed E-state index contributed by atoms with van der Waals surface area (Å²) in [5, 5.41) is 0. The fraction of sp³-hybridized carbons (Fsp3) is 0.750. The Morgan fingerprint density at radius 3 is 2.46 bits per heavy atom. The zero-order chi connectivity index (χ0) is 19.9. The monoisotopic (exact) mass is 488 g/mol.